The number of anilines is 2. The van der Waals surface area contributed by atoms with Gasteiger partial charge in [-0.25, -0.2) is 8.42 Å². The largest absolute Gasteiger partial charge is 0.296 e. The van der Waals surface area contributed by atoms with Crippen molar-refractivity contribution in [2.75, 3.05) is 16.7 Å². The number of carbonyl (C=O) groups excluding carboxylic acids is 1. The Morgan fingerprint density at radius 1 is 1.03 bits per heavy atom. The second kappa shape index (κ2) is 9.82. The van der Waals surface area contributed by atoms with E-state index in [9.17, 15) is 13.2 Å². The number of sulfonamides is 1. The van der Waals surface area contributed by atoms with E-state index in [1.54, 1.807) is 53.5 Å². The average Bonchev–Trinajstić information content (AvgIpc) is 3.51. The molecule has 2 aromatic heterocycles. The molecule has 2 aromatic carbocycles. The van der Waals surface area contributed by atoms with Crippen molar-refractivity contribution in [1.82, 2.24) is 10.2 Å². The predicted molar refractivity (Wildman–Crippen MR) is 130 cm³/mol. The van der Waals surface area contributed by atoms with Crippen molar-refractivity contribution in [2.24, 2.45) is 0 Å². The smallest absolute Gasteiger partial charge is 0.273 e. The van der Waals surface area contributed by atoms with Crippen molar-refractivity contribution < 1.29 is 13.2 Å². The summed E-state index contributed by atoms with van der Waals surface area (Å²) in [7, 11) is -2.13. The summed E-state index contributed by atoms with van der Waals surface area (Å²) in [6.45, 7) is 0. The Morgan fingerprint density at radius 2 is 1.78 bits per heavy atom. The van der Waals surface area contributed by atoms with Crippen LogP contribution < -0.4 is 9.62 Å². The first-order chi connectivity index (χ1) is 15.4. The molecule has 32 heavy (non-hydrogen) atoms. The van der Waals surface area contributed by atoms with E-state index in [-0.39, 0.29) is 10.1 Å². The highest BCUT2D eigenvalue weighted by atomic mass is 32.2. The first-order valence-corrected chi connectivity index (χ1v) is 13.5. The highest BCUT2D eigenvalue weighted by Crippen LogP contribution is 2.29. The molecule has 1 N–H and O–H groups in total. The van der Waals surface area contributed by atoms with E-state index in [2.05, 4.69) is 15.5 Å². The average molecular weight is 503 g/mol. The molecule has 0 atom stereocenters. The van der Waals surface area contributed by atoms with Gasteiger partial charge in [-0.1, -0.05) is 59.5 Å². The van der Waals surface area contributed by atoms with Crippen LogP contribution in [0.3, 0.4) is 0 Å². The van der Waals surface area contributed by atoms with Gasteiger partial charge in [0.2, 0.25) is 5.13 Å². The molecule has 7 nitrogen and oxygen atoms in total. The maximum Gasteiger partial charge on any atom is 0.273 e. The normalized spacial score (nSPS) is 11.3. The second-order valence-electron chi connectivity index (χ2n) is 6.55. The van der Waals surface area contributed by atoms with Gasteiger partial charge in [-0.15, -0.1) is 21.5 Å². The lowest BCUT2D eigenvalue weighted by molar-refractivity contribution is 0.102. The van der Waals surface area contributed by atoms with Crippen LogP contribution in [0, 0.1) is 0 Å². The summed E-state index contributed by atoms with van der Waals surface area (Å²) in [5, 5.41) is 13.0. The molecule has 0 spiro atoms. The number of benzene rings is 2. The Bertz CT molecular complexity index is 1290. The number of carbonyl (C=O) groups is 1. The molecule has 0 unspecified atom stereocenters. The zero-order valence-electron chi connectivity index (χ0n) is 16.8. The number of rotatable bonds is 8. The lowest BCUT2D eigenvalue weighted by Gasteiger charge is -2.18. The van der Waals surface area contributed by atoms with E-state index in [1.165, 1.54) is 28.3 Å². The minimum Gasteiger partial charge on any atom is -0.296 e. The molecule has 4 aromatic rings. The standard InChI is InChI=1S/C21H18N4O3S4/c1-25(32(27,28)18-8-5-13-29-18)17-11-9-16(10-12-17)19(26)22-20-23-24-21(31-20)30-14-15-6-3-2-4-7-15/h2-13H,14H2,1H3,(H,22,23,26). The first-order valence-electron chi connectivity index (χ1n) is 9.37. The summed E-state index contributed by atoms with van der Waals surface area (Å²) in [5.74, 6) is 0.434. The van der Waals surface area contributed by atoms with Crippen molar-refractivity contribution in [2.45, 2.75) is 14.3 Å². The zero-order valence-corrected chi connectivity index (χ0v) is 20.1. The highest BCUT2D eigenvalue weighted by Gasteiger charge is 2.22. The van der Waals surface area contributed by atoms with Crippen LogP contribution in [0.1, 0.15) is 15.9 Å². The third-order valence-corrected chi connectivity index (χ3v) is 9.64. The Labute approximate surface area is 198 Å². The molecule has 0 aliphatic carbocycles. The molecule has 0 radical (unpaired) electrons. The summed E-state index contributed by atoms with van der Waals surface area (Å²) in [4.78, 5) is 12.6. The molecule has 0 aliphatic heterocycles. The maximum absolute atomic E-state index is 12.6. The molecule has 2 heterocycles. The molecule has 0 bridgehead atoms. The van der Waals surface area contributed by atoms with Crippen LogP contribution in [0.4, 0.5) is 10.8 Å². The second-order valence-corrected chi connectivity index (χ2v) is 11.9. The molecule has 0 fully saturated rings. The number of hydrogen-bond acceptors (Lipinski definition) is 8. The van der Waals surface area contributed by atoms with Crippen LogP contribution in [0.2, 0.25) is 0 Å². The van der Waals surface area contributed by atoms with Gasteiger partial charge in [0, 0.05) is 18.4 Å². The monoisotopic (exact) mass is 502 g/mol. The SMILES string of the molecule is CN(c1ccc(C(=O)Nc2nnc(SCc3ccccc3)s2)cc1)S(=O)(=O)c1cccs1. The van der Waals surface area contributed by atoms with Crippen molar-refractivity contribution in [3.05, 3.63) is 83.2 Å². The Balaban J connectivity index is 1.37. The summed E-state index contributed by atoms with van der Waals surface area (Å²) in [5.41, 5.74) is 2.04. The van der Waals surface area contributed by atoms with Crippen LogP contribution in [-0.4, -0.2) is 31.6 Å². The van der Waals surface area contributed by atoms with Crippen molar-refractivity contribution in [3.63, 3.8) is 0 Å². The minimum absolute atomic E-state index is 0.263. The molecular formula is C21H18N4O3S4. The molecular weight excluding hydrogens is 485 g/mol. The number of nitrogens with zero attached hydrogens (tertiary/aromatic N) is 3. The summed E-state index contributed by atoms with van der Waals surface area (Å²) < 4.78 is 27.5. The molecule has 11 heteroatoms. The van der Waals surface area contributed by atoms with Gasteiger partial charge in [0.25, 0.3) is 15.9 Å². The van der Waals surface area contributed by atoms with E-state index < -0.39 is 10.0 Å². The summed E-state index contributed by atoms with van der Waals surface area (Å²) in [6, 6.07) is 19.7. The lowest BCUT2D eigenvalue weighted by Crippen LogP contribution is -2.25. The van der Waals surface area contributed by atoms with Gasteiger partial charge < -0.3 is 0 Å². The van der Waals surface area contributed by atoms with Crippen LogP contribution in [0.15, 0.2) is 80.7 Å². The van der Waals surface area contributed by atoms with Crippen molar-refractivity contribution >= 4 is 61.2 Å². The van der Waals surface area contributed by atoms with Crippen LogP contribution in [0.5, 0.6) is 0 Å². The Morgan fingerprint density at radius 3 is 2.47 bits per heavy atom. The first kappa shape index (κ1) is 22.5. The predicted octanol–water partition coefficient (Wildman–Crippen LogP) is 4.97. The highest BCUT2D eigenvalue weighted by molar-refractivity contribution is 8.00. The van der Waals surface area contributed by atoms with E-state index in [0.717, 1.165) is 21.4 Å². The van der Waals surface area contributed by atoms with Crippen LogP contribution >= 0.6 is 34.4 Å². The van der Waals surface area contributed by atoms with Gasteiger partial charge in [0.15, 0.2) is 4.34 Å². The summed E-state index contributed by atoms with van der Waals surface area (Å²) in [6.07, 6.45) is 0. The molecule has 4 rings (SSSR count). The van der Waals surface area contributed by atoms with Crippen molar-refractivity contribution in [3.8, 4) is 0 Å². The fraction of sp³-hybridized carbons (Fsp3) is 0.0952. The molecule has 164 valence electrons. The van der Waals surface area contributed by atoms with Gasteiger partial charge in [-0.2, -0.15) is 0 Å². The zero-order chi connectivity index (χ0) is 22.6. The summed E-state index contributed by atoms with van der Waals surface area (Å²) >= 11 is 4.02. The van der Waals surface area contributed by atoms with Crippen LogP contribution in [0.25, 0.3) is 0 Å². The maximum atomic E-state index is 12.6. The molecule has 0 saturated carbocycles. The number of hydrogen-bond donors (Lipinski definition) is 1. The number of thioether (sulfide) groups is 1. The Hall–Kier alpha value is -2.73. The van der Waals surface area contributed by atoms with Crippen LogP contribution in [-0.2, 0) is 15.8 Å². The fourth-order valence-corrected chi connectivity index (χ4v) is 6.77. The topological polar surface area (TPSA) is 92.3 Å². The third-order valence-electron chi connectivity index (χ3n) is 4.44. The number of thiophene rings is 1. The van der Waals surface area contributed by atoms with Gasteiger partial charge in [-0.3, -0.25) is 14.4 Å². The Kier molecular flexibility index (Phi) is 6.89. The van der Waals surface area contributed by atoms with Gasteiger partial charge in [0.1, 0.15) is 4.21 Å². The number of nitrogens with one attached hydrogen (secondary N) is 1. The van der Waals surface area contributed by atoms with Crippen molar-refractivity contribution in [1.29, 1.82) is 0 Å². The van der Waals surface area contributed by atoms with Gasteiger partial charge in [-0.05, 0) is 41.3 Å². The quantitative estimate of drug-likeness (QED) is 0.270. The number of amides is 1. The van der Waals surface area contributed by atoms with E-state index >= 15 is 0 Å². The number of aromatic nitrogens is 2. The lowest BCUT2D eigenvalue weighted by atomic mass is 10.2. The molecule has 0 saturated heterocycles. The fourth-order valence-electron chi connectivity index (χ4n) is 2.71. The van der Waals surface area contributed by atoms with Gasteiger partial charge >= 0.3 is 0 Å². The van der Waals surface area contributed by atoms with E-state index in [1.807, 2.05) is 30.3 Å². The third kappa shape index (κ3) is 5.18. The van der Waals surface area contributed by atoms with E-state index in [0.29, 0.717) is 16.4 Å². The minimum atomic E-state index is -3.62. The molecule has 1 amide bonds. The van der Waals surface area contributed by atoms with Gasteiger partial charge in [0.05, 0.1) is 5.69 Å². The molecule has 0 aliphatic rings. The van der Waals surface area contributed by atoms with E-state index in [4.69, 9.17) is 0 Å².